The minimum absolute atomic E-state index is 0.198. The maximum absolute atomic E-state index is 13.1. The fourth-order valence-electron chi connectivity index (χ4n) is 4.73. The maximum Gasteiger partial charge on any atom is 0.241 e. The predicted octanol–water partition coefficient (Wildman–Crippen LogP) is 3.26. The number of benzene rings is 1. The van der Waals surface area contributed by atoms with Gasteiger partial charge in [0.25, 0.3) is 0 Å². The van der Waals surface area contributed by atoms with Crippen molar-refractivity contribution in [3.05, 3.63) is 65.6 Å². The van der Waals surface area contributed by atoms with Crippen molar-refractivity contribution in [3.63, 3.8) is 0 Å². The van der Waals surface area contributed by atoms with Crippen molar-refractivity contribution in [3.8, 4) is 11.4 Å². The van der Waals surface area contributed by atoms with E-state index in [0.717, 1.165) is 73.9 Å². The number of aromatic nitrogens is 3. The van der Waals surface area contributed by atoms with E-state index in [4.69, 9.17) is 4.98 Å². The molecule has 7 nitrogen and oxygen atoms in total. The number of amides is 1. The molecule has 0 bridgehead atoms. The summed E-state index contributed by atoms with van der Waals surface area (Å²) < 4.78 is 0. The van der Waals surface area contributed by atoms with E-state index in [2.05, 4.69) is 44.9 Å². The Labute approximate surface area is 195 Å². The first-order valence-electron chi connectivity index (χ1n) is 11.7. The van der Waals surface area contributed by atoms with Crippen LogP contribution in [0.15, 0.2) is 48.8 Å². The van der Waals surface area contributed by atoms with Crippen LogP contribution in [0.4, 0.5) is 11.5 Å². The molecule has 0 aliphatic carbocycles. The summed E-state index contributed by atoms with van der Waals surface area (Å²) >= 11 is 0. The summed E-state index contributed by atoms with van der Waals surface area (Å²) in [7, 11) is 0. The van der Waals surface area contributed by atoms with Gasteiger partial charge in [0, 0.05) is 67.6 Å². The second-order valence-corrected chi connectivity index (χ2v) is 8.86. The highest BCUT2D eigenvalue weighted by Gasteiger charge is 2.27. The van der Waals surface area contributed by atoms with Gasteiger partial charge in [-0.2, -0.15) is 0 Å². The molecule has 5 rings (SSSR count). The first kappa shape index (κ1) is 21.5. The number of hydrogen-bond donors (Lipinski definition) is 0. The van der Waals surface area contributed by atoms with Crippen molar-refractivity contribution < 1.29 is 4.79 Å². The van der Waals surface area contributed by atoms with E-state index in [1.165, 1.54) is 5.56 Å². The van der Waals surface area contributed by atoms with Crippen LogP contribution in [0.1, 0.15) is 23.2 Å². The van der Waals surface area contributed by atoms with Crippen molar-refractivity contribution in [2.24, 2.45) is 0 Å². The Hall–Kier alpha value is -3.32. The van der Waals surface area contributed by atoms with E-state index in [0.29, 0.717) is 12.4 Å². The van der Waals surface area contributed by atoms with Crippen LogP contribution in [0, 0.1) is 13.8 Å². The van der Waals surface area contributed by atoms with Gasteiger partial charge in [0.1, 0.15) is 5.82 Å². The number of nitrogens with zero attached hydrogens (tertiary/aromatic N) is 6. The zero-order chi connectivity index (χ0) is 22.8. The highest BCUT2D eigenvalue weighted by molar-refractivity contribution is 5.96. The number of fused-ring (bicyclic) bond motifs is 1. The number of hydrogen-bond acceptors (Lipinski definition) is 6. The van der Waals surface area contributed by atoms with Crippen LogP contribution in [0.2, 0.25) is 0 Å². The summed E-state index contributed by atoms with van der Waals surface area (Å²) in [5, 5.41) is 0. The second kappa shape index (κ2) is 9.27. The highest BCUT2D eigenvalue weighted by atomic mass is 16.2. The number of para-hydroxylation sites is 1. The molecular formula is C26H30N6O. The minimum atomic E-state index is 0.198. The number of carbonyl (C=O) groups excluding carboxylic acids is 1. The van der Waals surface area contributed by atoms with Crippen LogP contribution in [0.5, 0.6) is 0 Å². The van der Waals surface area contributed by atoms with Crippen molar-refractivity contribution in [1.82, 2.24) is 19.9 Å². The number of anilines is 2. The van der Waals surface area contributed by atoms with E-state index in [1.807, 2.05) is 30.0 Å². The van der Waals surface area contributed by atoms with Gasteiger partial charge in [-0.05, 0) is 50.5 Å². The molecule has 1 fully saturated rings. The molecule has 2 aliphatic rings. The molecule has 0 saturated carbocycles. The lowest BCUT2D eigenvalue weighted by molar-refractivity contribution is -0.119. The van der Waals surface area contributed by atoms with Gasteiger partial charge in [0.05, 0.1) is 6.54 Å². The van der Waals surface area contributed by atoms with Gasteiger partial charge < -0.3 is 9.80 Å². The summed E-state index contributed by atoms with van der Waals surface area (Å²) in [4.78, 5) is 33.5. The molecule has 0 unspecified atom stereocenters. The number of pyridine rings is 1. The molecule has 0 spiro atoms. The summed E-state index contributed by atoms with van der Waals surface area (Å²) in [5.74, 6) is 1.89. The van der Waals surface area contributed by atoms with Crippen LogP contribution < -0.4 is 9.80 Å². The SMILES string of the molecule is Cc1nc(-c2cccnc2)nc(N2CCN(CC(=O)N3CCCc4ccccc43)CC2)c1C. The lowest BCUT2D eigenvalue weighted by atomic mass is 10.0. The summed E-state index contributed by atoms with van der Waals surface area (Å²) in [5.41, 5.74) is 5.38. The smallest absolute Gasteiger partial charge is 0.241 e. The van der Waals surface area contributed by atoms with Gasteiger partial charge >= 0.3 is 0 Å². The molecule has 1 saturated heterocycles. The van der Waals surface area contributed by atoms with Gasteiger partial charge in [-0.15, -0.1) is 0 Å². The molecule has 1 aromatic carbocycles. The summed E-state index contributed by atoms with van der Waals surface area (Å²) in [6.07, 6.45) is 5.64. The fraction of sp³-hybridized carbons (Fsp3) is 0.385. The normalized spacial score (nSPS) is 16.5. The Morgan fingerprint density at radius 3 is 2.58 bits per heavy atom. The molecule has 0 radical (unpaired) electrons. The van der Waals surface area contributed by atoms with Crippen molar-refractivity contribution in [1.29, 1.82) is 0 Å². The van der Waals surface area contributed by atoms with Crippen LogP contribution in [0.25, 0.3) is 11.4 Å². The van der Waals surface area contributed by atoms with E-state index < -0.39 is 0 Å². The maximum atomic E-state index is 13.1. The van der Waals surface area contributed by atoms with Crippen molar-refractivity contribution in [2.75, 3.05) is 49.1 Å². The van der Waals surface area contributed by atoms with E-state index in [1.54, 1.807) is 12.4 Å². The molecule has 33 heavy (non-hydrogen) atoms. The van der Waals surface area contributed by atoms with Crippen LogP contribution in [0.3, 0.4) is 0 Å². The lowest BCUT2D eigenvalue weighted by Crippen LogP contribution is -2.51. The standard InChI is InChI=1S/C26H30N6O/c1-19-20(2)28-25(22-8-5-11-27-17-22)29-26(19)31-15-13-30(14-16-31)18-24(33)32-12-6-9-21-7-3-4-10-23(21)32/h3-5,7-8,10-11,17H,6,9,12-16,18H2,1-2H3. The van der Waals surface area contributed by atoms with E-state index in [-0.39, 0.29) is 5.91 Å². The second-order valence-electron chi connectivity index (χ2n) is 8.86. The van der Waals surface area contributed by atoms with E-state index >= 15 is 0 Å². The Balaban J connectivity index is 1.26. The molecule has 3 aromatic rings. The molecular weight excluding hydrogens is 412 g/mol. The molecule has 170 valence electrons. The van der Waals surface area contributed by atoms with Gasteiger partial charge in [-0.3, -0.25) is 14.7 Å². The number of aryl methyl sites for hydroxylation is 2. The molecule has 7 heteroatoms. The van der Waals surface area contributed by atoms with Gasteiger partial charge in [0.15, 0.2) is 5.82 Å². The lowest BCUT2D eigenvalue weighted by Gasteiger charge is -2.37. The highest BCUT2D eigenvalue weighted by Crippen LogP contribution is 2.28. The van der Waals surface area contributed by atoms with Crippen molar-refractivity contribution in [2.45, 2.75) is 26.7 Å². The monoisotopic (exact) mass is 442 g/mol. The molecule has 0 atom stereocenters. The summed E-state index contributed by atoms with van der Waals surface area (Å²) in [6, 6.07) is 12.2. The number of piperazine rings is 1. The van der Waals surface area contributed by atoms with Gasteiger partial charge in [0.2, 0.25) is 5.91 Å². The van der Waals surface area contributed by atoms with Crippen LogP contribution >= 0.6 is 0 Å². The predicted molar refractivity (Wildman–Crippen MR) is 131 cm³/mol. The van der Waals surface area contributed by atoms with Gasteiger partial charge in [-0.25, -0.2) is 9.97 Å². The topological polar surface area (TPSA) is 65.5 Å². The van der Waals surface area contributed by atoms with Gasteiger partial charge in [-0.1, -0.05) is 18.2 Å². The third-order valence-electron chi connectivity index (χ3n) is 6.73. The van der Waals surface area contributed by atoms with E-state index in [9.17, 15) is 4.79 Å². The number of rotatable bonds is 4. The fourth-order valence-corrected chi connectivity index (χ4v) is 4.73. The van der Waals surface area contributed by atoms with Crippen LogP contribution in [-0.2, 0) is 11.2 Å². The minimum Gasteiger partial charge on any atom is -0.354 e. The van der Waals surface area contributed by atoms with Crippen LogP contribution in [-0.4, -0.2) is 65.0 Å². The Morgan fingerprint density at radius 1 is 0.970 bits per heavy atom. The quantitative estimate of drug-likeness (QED) is 0.618. The average Bonchev–Trinajstić information content (AvgIpc) is 2.86. The third kappa shape index (κ3) is 4.46. The first-order chi connectivity index (χ1) is 16.1. The molecule has 0 N–H and O–H groups in total. The average molecular weight is 443 g/mol. The Morgan fingerprint density at radius 2 is 1.79 bits per heavy atom. The zero-order valence-corrected chi connectivity index (χ0v) is 19.4. The Bertz CT molecular complexity index is 1140. The third-order valence-corrected chi connectivity index (χ3v) is 6.73. The molecule has 2 aliphatic heterocycles. The first-order valence-corrected chi connectivity index (χ1v) is 11.7. The Kier molecular flexibility index (Phi) is 6.05. The summed E-state index contributed by atoms with van der Waals surface area (Å²) in [6.45, 7) is 8.75. The largest absolute Gasteiger partial charge is 0.354 e. The molecule has 2 aromatic heterocycles. The zero-order valence-electron chi connectivity index (χ0n) is 19.4. The molecule has 4 heterocycles. The molecule has 1 amide bonds. The van der Waals surface area contributed by atoms with Crippen molar-refractivity contribution >= 4 is 17.4 Å². The number of carbonyl (C=O) groups is 1.